The van der Waals surface area contributed by atoms with Crippen LogP contribution in [-0.4, -0.2) is 17.9 Å². The Labute approximate surface area is 61.6 Å². The summed E-state index contributed by atoms with van der Waals surface area (Å²) in [6.07, 6.45) is 5.00. The Morgan fingerprint density at radius 2 is 2.10 bits per heavy atom. The normalized spacial score (nSPS) is 47.1. The van der Waals surface area contributed by atoms with Crippen LogP contribution in [0.5, 0.6) is 0 Å². The molecule has 1 aliphatic heterocycles. The first-order valence-corrected chi connectivity index (χ1v) is 4.29. The fraction of sp³-hybridized carbons (Fsp3) is 1.00. The molecule has 2 heteroatoms. The highest BCUT2D eigenvalue weighted by Gasteiger charge is 2.34. The van der Waals surface area contributed by atoms with Crippen LogP contribution in [0.2, 0.25) is 0 Å². The molecule has 0 aromatic rings. The predicted octanol–water partition coefficient (Wildman–Crippen LogP) is 0.714. The molecular weight excluding hydrogens is 126 g/mol. The molecule has 0 spiro atoms. The molecule has 0 aromatic carbocycles. The molecule has 1 aliphatic carbocycles. The van der Waals surface area contributed by atoms with Gasteiger partial charge in [-0.05, 0) is 31.7 Å². The van der Waals surface area contributed by atoms with Gasteiger partial charge < -0.3 is 5.11 Å². The van der Waals surface area contributed by atoms with Crippen LogP contribution in [0.3, 0.4) is 0 Å². The molecule has 2 nitrogen and oxygen atoms in total. The SMILES string of the molecule is OC1NCCC2CCCC21. The molecule has 10 heavy (non-hydrogen) atoms. The van der Waals surface area contributed by atoms with Gasteiger partial charge in [-0.2, -0.15) is 0 Å². The summed E-state index contributed by atoms with van der Waals surface area (Å²) in [6, 6.07) is 0. The van der Waals surface area contributed by atoms with E-state index in [2.05, 4.69) is 5.32 Å². The molecule has 2 aliphatic rings. The van der Waals surface area contributed by atoms with Crippen LogP contribution >= 0.6 is 0 Å². The monoisotopic (exact) mass is 141 g/mol. The Hall–Kier alpha value is -0.0800. The molecule has 58 valence electrons. The van der Waals surface area contributed by atoms with Gasteiger partial charge in [0.05, 0.1) is 0 Å². The second-order valence-corrected chi connectivity index (χ2v) is 3.54. The van der Waals surface area contributed by atoms with Crippen molar-refractivity contribution in [2.45, 2.75) is 31.9 Å². The average Bonchev–Trinajstić information content (AvgIpc) is 2.36. The molecule has 1 saturated carbocycles. The van der Waals surface area contributed by atoms with Crippen LogP contribution in [0.25, 0.3) is 0 Å². The van der Waals surface area contributed by atoms with Crippen LogP contribution in [0, 0.1) is 11.8 Å². The van der Waals surface area contributed by atoms with Gasteiger partial charge in [-0.3, -0.25) is 5.32 Å². The van der Waals surface area contributed by atoms with E-state index >= 15 is 0 Å². The van der Waals surface area contributed by atoms with Gasteiger partial charge in [-0.1, -0.05) is 6.42 Å². The lowest BCUT2D eigenvalue weighted by atomic mass is 9.88. The van der Waals surface area contributed by atoms with Crippen molar-refractivity contribution < 1.29 is 5.11 Å². The minimum Gasteiger partial charge on any atom is -0.378 e. The molecular formula is C8H15NO. The van der Waals surface area contributed by atoms with Crippen molar-refractivity contribution in [3.63, 3.8) is 0 Å². The first-order chi connectivity index (χ1) is 4.88. The molecule has 2 rings (SSSR count). The van der Waals surface area contributed by atoms with Crippen molar-refractivity contribution in [2.75, 3.05) is 6.54 Å². The Balaban J connectivity index is 2.03. The van der Waals surface area contributed by atoms with Crippen molar-refractivity contribution in [1.82, 2.24) is 5.32 Å². The molecule has 1 saturated heterocycles. The number of hydrogen-bond donors (Lipinski definition) is 2. The Bertz CT molecular complexity index is 126. The largest absolute Gasteiger partial charge is 0.378 e. The van der Waals surface area contributed by atoms with Crippen LogP contribution in [0.4, 0.5) is 0 Å². The molecule has 2 fully saturated rings. The van der Waals surface area contributed by atoms with Crippen molar-refractivity contribution in [1.29, 1.82) is 0 Å². The third kappa shape index (κ3) is 0.956. The summed E-state index contributed by atoms with van der Waals surface area (Å²) >= 11 is 0. The van der Waals surface area contributed by atoms with Gasteiger partial charge in [0.1, 0.15) is 6.23 Å². The molecule has 2 N–H and O–H groups in total. The van der Waals surface area contributed by atoms with Crippen molar-refractivity contribution in [3.8, 4) is 0 Å². The van der Waals surface area contributed by atoms with Crippen molar-refractivity contribution in [3.05, 3.63) is 0 Å². The van der Waals surface area contributed by atoms with E-state index in [4.69, 9.17) is 0 Å². The molecule has 0 amide bonds. The Kier molecular flexibility index (Phi) is 1.66. The van der Waals surface area contributed by atoms with E-state index in [9.17, 15) is 5.11 Å². The van der Waals surface area contributed by atoms with Gasteiger partial charge in [-0.25, -0.2) is 0 Å². The fourth-order valence-corrected chi connectivity index (χ4v) is 2.41. The van der Waals surface area contributed by atoms with Crippen LogP contribution in [0.15, 0.2) is 0 Å². The van der Waals surface area contributed by atoms with Gasteiger partial charge in [-0.15, -0.1) is 0 Å². The summed E-state index contributed by atoms with van der Waals surface area (Å²) in [5.41, 5.74) is 0. The van der Waals surface area contributed by atoms with E-state index in [1.54, 1.807) is 0 Å². The summed E-state index contributed by atoms with van der Waals surface area (Å²) in [5, 5.41) is 12.6. The number of hydrogen-bond acceptors (Lipinski definition) is 2. The lowest BCUT2D eigenvalue weighted by molar-refractivity contribution is 0.0293. The zero-order chi connectivity index (χ0) is 6.97. The fourth-order valence-electron chi connectivity index (χ4n) is 2.41. The maximum Gasteiger partial charge on any atom is 0.108 e. The predicted molar refractivity (Wildman–Crippen MR) is 39.5 cm³/mol. The smallest absolute Gasteiger partial charge is 0.108 e. The number of nitrogens with one attached hydrogen (secondary N) is 1. The summed E-state index contributed by atoms with van der Waals surface area (Å²) in [5.74, 6) is 1.41. The summed E-state index contributed by atoms with van der Waals surface area (Å²) in [6.45, 7) is 1.02. The van der Waals surface area contributed by atoms with Gasteiger partial charge in [0, 0.05) is 5.92 Å². The summed E-state index contributed by atoms with van der Waals surface area (Å²) in [7, 11) is 0. The highest BCUT2D eigenvalue weighted by atomic mass is 16.3. The number of aliphatic hydroxyl groups excluding tert-OH is 1. The lowest BCUT2D eigenvalue weighted by Crippen LogP contribution is -2.43. The number of piperidine rings is 1. The zero-order valence-electron chi connectivity index (χ0n) is 6.21. The molecule has 1 heterocycles. The van der Waals surface area contributed by atoms with E-state index in [0.717, 1.165) is 12.5 Å². The van der Waals surface area contributed by atoms with Gasteiger partial charge in [0.15, 0.2) is 0 Å². The third-order valence-corrected chi connectivity index (χ3v) is 2.99. The van der Waals surface area contributed by atoms with Crippen molar-refractivity contribution >= 4 is 0 Å². The lowest BCUT2D eigenvalue weighted by Gasteiger charge is -2.31. The van der Waals surface area contributed by atoms with Crippen LogP contribution in [-0.2, 0) is 0 Å². The van der Waals surface area contributed by atoms with Gasteiger partial charge >= 0.3 is 0 Å². The van der Waals surface area contributed by atoms with E-state index in [0.29, 0.717) is 5.92 Å². The second kappa shape index (κ2) is 2.51. The Morgan fingerprint density at radius 3 is 2.90 bits per heavy atom. The molecule has 0 aromatic heterocycles. The maximum atomic E-state index is 9.47. The highest BCUT2D eigenvalue weighted by Crippen LogP contribution is 2.37. The molecule has 0 radical (unpaired) electrons. The van der Waals surface area contributed by atoms with E-state index in [1.165, 1.54) is 25.7 Å². The number of aliphatic hydroxyl groups is 1. The topological polar surface area (TPSA) is 32.3 Å². The zero-order valence-corrected chi connectivity index (χ0v) is 6.21. The maximum absolute atomic E-state index is 9.47. The quantitative estimate of drug-likeness (QED) is 0.521. The van der Waals surface area contributed by atoms with E-state index in [1.807, 2.05) is 0 Å². The van der Waals surface area contributed by atoms with E-state index in [-0.39, 0.29) is 6.23 Å². The number of fused-ring (bicyclic) bond motifs is 1. The first kappa shape index (κ1) is 6.62. The van der Waals surface area contributed by atoms with Gasteiger partial charge in [0.25, 0.3) is 0 Å². The van der Waals surface area contributed by atoms with Crippen LogP contribution < -0.4 is 5.32 Å². The Morgan fingerprint density at radius 1 is 1.20 bits per heavy atom. The third-order valence-electron chi connectivity index (χ3n) is 2.99. The number of rotatable bonds is 0. The van der Waals surface area contributed by atoms with Crippen LogP contribution in [0.1, 0.15) is 25.7 Å². The molecule has 0 bridgehead atoms. The first-order valence-electron chi connectivity index (χ1n) is 4.29. The highest BCUT2D eigenvalue weighted by molar-refractivity contribution is 4.85. The molecule has 3 atom stereocenters. The summed E-state index contributed by atoms with van der Waals surface area (Å²) in [4.78, 5) is 0. The summed E-state index contributed by atoms with van der Waals surface area (Å²) < 4.78 is 0. The van der Waals surface area contributed by atoms with Crippen molar-refractivity contribution in [2.24, 2.45) is 11.8 Å². The minimum atomic E-state index is -0.193. The van der Waals surface area contributed by atoms with E-state index < -0.39 is 0 Å². The standard InChI is InChI=1S/C8H15NO/c10-8-7-3-1-2-6(7)4-5-9-8/h6-10H,1-5H2. The average molecular weight is 141 g/mol. The molecule has 3 unspecified atom stereocenters. The second-order valence-electron chi connectivity index (χ2n) is 3.54. The minimum absolute atomic E-state index is 0.193. The van der Waals surface area contributed by atoms with Gasteiger partial charge in [0.2, 0.25) is 0 Å².